The average Bonchev–Trinajstić information content (AvgIpc) is 2.42. The summed E-state index contributed by atoms with van der Waals surface area (Å²) in [5.41, 5.74) is 4.36. The number of carbonyl (C=O) groups is 4. The molecule has 0 saturated heterocycles. The molecule has 0 aliphatic heterocycles. The van der Waals surface area contributed by atoms with Gasteiger partial charge in [-0.25, -0.2) is 0 Å². The Hall–Kier alpha value is -2.20. The number of rotatable bonds is 10. The van der Waals surface area contributed by atoms with Crippen LogP contribution in [0.4, 0.5) is 0 Å². The summed E-state index contributed by atoms with van der Waals surface area (Å²) in [5.74, 6) is -2.57. The van der Waals surface area contributed by atoms with Gasteiger partial charge in [0.15, 0.2) is 6.10 Å². The van der Waals surface area contributed by atoms with Gasteiger partial charge in [-0.05, 0) is 7.05 Å². The predicted octanol–water partition coefficient (Wildman–Crippen LogP) is -0.759. The summed E-state index contributed by atoms with van der Waals surface area (Å²) in [5, 5.41) is 2.77. The number of likely N-dealkylation sites (N-methyl/N-ethyl adjacent to an activating group) is 1. The molecule has 3 unspecified atom stereocenters. The fourth-order valence-corrected chi connectivity index (χ4v) is 2.14. The molecule has 0 saturated carbocycles. The lowest BCUT2D eigenvalue weighted by molar-refractivity contribution is -0.192. The van der Waals surface area contributed by atoms with Gasteiger partial charge in [0, 0.05) is 40.7 Å². The average molecular weight is 362 g/mol. The first-order chi connectivity index (χ1) is 11.5. The van der Waals surface area contributed by atoms with Crippen LogP contribution in [0, 0.1) is 0 Å². The van der Waals surface area contributed by atoms with E-state index < -0.39 is 41.8 Å². The number of nitrogens with one attached hydrogen (secondary N) is 1. The zero-order valence-electron chi connectivity index (χ0n) is 15.1. The van der Waals surface area contributed by atoms with Crippen molar-refractivity contribution in [1.82, 2.24) is 5.32 Å². The van der Waals surface area contributed by atoms with Gasteiger partial charge in [0.2, 0.25) is 5.72 Å². The fourth-order valence-electron chi connectivity index (χ4n) is 2.14. The van der Waals surface area contributed by atoms with Gasteiger partial charge < -0.3 is 24.3 Å². The van der Waals surface area contributed by atoms with Crippen LogP contribution in [-0.4, -0.2) is 62.0 Å². The van der Waals surface area contributed by atoms with Crippen LogP contribution < -0.4 is 11.1 Å². The van der Waals surface area contributed by atoms with Crippen molar-refractivity contribution >= 4 is 23.9 Å². The standard InChI is InChI=1S/C15H26N2O8/c1-9(18)22-8-13(23-10(2)19)6-15(16,25-12(4)21)14(7-17-5)24-11(3)20/h13-14,17H,6-8,16H2,1-5H3. The summed E-state index contributed by atoms with van der Waals surface area (Å²) >= 11 is 0. The Balaban J connectivity index is 5.51. The SMILES string of the molecule is CNCC(OC(C)=O)C(N)(CC(COC(C)=O)OC(C)=O)OC(C)=O. The van der Waals surface area contributed by atoms with Crippen molar-refractivity contribution in [3.8, 4) is 0 Å². The number of nitrogens with two attached hydrogens (primary N) is 1. The zero-order valence-corrected chi connectivity index (χ0v) is 15.1. The molecule has 3 N–H and O–H groups in total. The molecular formula is C15H26N2O8. The molecule has 0 bridgehead atoms. The molecule has 0 heterocycles. The Bertz CT molecular complexity index is 496. The second-order valence-corrected chi connectivity index (χ2v) is 5.44. The van der Waals surface area contributed by atoms with Crippen molar-refractivity contribution in [2.45, 2.75) is 52.0 Å². The van der Waals surface area contributed by atoms with Gasteiger partial charge >= 0.3 is 23.9 Å². The number of ether oxygens (including phenoxy) is 4. The molecule has 144 valence electrons. The molecule has 0 aliphatic carbocycles. The van der Waals surface area contributed by atoms with Crippen molar-refractivity contribution in [2.75, 3.05) is 20.2 Å². The molecule has 0 aromatic heterocycles. The first kappa shape index (κ1) is 22.8. The van der Waals surface area contributed by atoms with Crippen LogP contribution in [0.5, 0.6) is 0 Å². The molecule has 0 aromatic carbocycles. The molecule has 0 aliphatic rings. The third-order valence-electron chi connectivity index (χ3n) is 2.93. The van der Waals surface area contributed by atoms with Crippen molar-refractivity contribution < 1.29 is 38.1 Å². The largest absolute Gasteiger partial charge is 0.462 e. The first-order valence-electron chi connectivity index (χ1n) is 7.61. The van der Waals surface area contributed by atoms with E-state index in [-0.39, 0.29) is 19.6 Å². The molecule has 10 heteroatoms. The van der Waals surface area contributed by atoms with E-state index in [2.05, 4.69) is 5.32 Å². The van der Waals surface area contributed by atoms with Crippen molar-refractivity contribution in [3.05, 3.63) is 0 Å². The minimum Gasteiger partial charge on any atom is -0.462 e. The molecule has 0 rings (SSSR count). The summed E-state index contributed by atoms with van der Waals surface area (Å²) in [7, 11) is 1.59. The van der Waals surface area contributed by atoms with Gasteiger partial charge in [-0.1, -0.05) is 0 Å². The van der Waals surface area contributed by atoms with E-state index in [0.717, 1.165) is 6.92 Å². The first-order valence-corrected chi connectivity index (χ1v) is 7.61. The lowest BCUT2D eigenvalue weighted by atomic mass is 9.99. The Morgan fingerprint density at radius 2 is 1.52 bits per heavy atom. The van der Waals surface area contributed by atoms with Crippen LogP contribution in [0.3, 0.4) is 0 Å². The van der Waals surface area contributed by atoms with E-state index in [9.17, 15) is 19.2 Å². The fraction of sp³-hybridized carbons (Fsp3) is 0.733. The van der Waals surface area contributed by atoms with Crippen LogP contribution in [0.1, 0.15) is 34.1 Å². The normalized spacial score (nSPS) is 15.3. The minimum atomic E-state index is -1.80. The van der Waals surface area contributed by atoms with Gasteiger partial charge in [-0.15, -0.1) is 0 Å². The van der Waals surface area contributed by atoms with Gasteiger partial charge in [-0.2, -0.15) is 0 Å². The van der Waals surface area contributed by atoms with E-state index in [1.165, 1.54) is 20.8 Å². The quantitative estimate of drug-likeness (QED) is 0.289. The van der Waals surface area contributed by atoms with E-state index in [1.807, 2.05) is 0 Å². The number of hydrogen-bond donors (Lipinski definition) is 2. The lowest BCUT2D eigenvalue weighted by Gasteiger charge is -2.37. The second kappa shape index (κ2) is 10.6. The van der Waals surface area contributed by atoms with Gasteiger partial charge in [-0.3, -0.25) is 24.9 Å². The van der Waals surface area contributed by atoms with Crippen molar-refractivity contribution in [2.24, 2.45) is 5.73 Å². The summed E-state index contributed by atoms with van der Waals surface area (Å²) in [6, 6.07) is 0. The highest BCUT2D eigenvalue weighted by atomic mass is 16.6. The van der Waals surface area contributed by atoms with E-state index in [1.54, 1.807) is 7.05 Å². The number of hydrogen-bond acceptors (Lipinski definition) is 10. The van der Waals surface area contributed by atoms with Crippen molar-refractivity contribution in [3.63, 3.8) is 0 Å². The third-order valence-corrected chi connectivity index (χ3v) is 2.93. The van der Waals surface area contributed by atoms with Gasteiger partial charge in [0.25, 0.3) is 0 Å². The molecule has 25 heavy (non-hydrogen) atoms. The van der Waals surface area contributed by atoms with E-state index >= 15 is 0 Å². The van der Waals surface area contributed by atoms with E-state index in [4.69, 9.17) is 24.7 Å². The highest BCUT2D eigenvalue weighted by Gasteiger charge is 2.43. The number of carbonyl (C=O) groups excluding carboxylic acids is 4. The topological polar surface area (TPSA) is 143 Å². The lowest BCUT2D eigenvalue weighted by Crippen LogP contribution is -2.60. The summed E-state index contributed by atoms with van der Waals surface area (Å²) in [6.07, 6.45) is -2.31. The molecule has 0 radical (unpaired) electrons. The molecule has 3 atom stereocenters. The van der Waals surface area contributed by atoms with Crippen LogP contribution in [-0.2, 0) is 38.1 Å². The van der Waals surface area contributed by atoms with Crippen LogP contribution in [0.25, 0.3) is 0 Å². The summed E-state index contributed by atoms with van der Waals surface area (Å²) in [6.45, 7) is 4.46. The van der Waals surface area contributed by atoms with Gasteiger partial charge in [0.1, 0.15) is 12.7 Å². The summed E-state index contributed by atoms with van der Waals surface area (Å²) < 4.78 is 20.2. The molecule has 10 nitrogen and oxygen atoms in total. The molecule has 0 amide bonds. The Labute approximate surface area is 146 Å². The highest BCUT2D eigenvalue weighted by Crippen LogP contribution is 2.22. The minimum absolute atomic E-state index is 0.0731. The van der Waals surface area contributed by atoms with Crippen molar-refractivity contribution in [1.29, 1.82) is 0 Å². The maximum absolute atomic E-state index is 11.5. The van der Waals surface area contributed by atoms with Crippen LogP contribution >= 0.6 is 0 Å². The summed E-state index contributed by atoms with van der Waals surface area (Å²) in [4.78, 5) is 45.1. The molecule has 0 fully saturated rings. The third kappa shape index (κ3) is 9.62. The Morgan fingerprint density at radius 3 is 1.92 bits per heavy atom. The molecular weight excluding hydrogens is 336 g/mol. The Kier molecular flexibility index (Phi) is 9.69. The monoisotopic (exact) mass is 362 g/mol. The zero-order chi connectivity index (χ0) is 19.6. The molecule has 0 aromatic rings. The smallest absolute Gasteiger partial charge is 0.304 e. The molecule has 0 spiro atoms. The Morgan fingerprint density at radius 1 is 0.960 bits per heavy atom. The maximum Gasteiger partial charge on any atom is 0.304 e. The van der Waals surface area contributed by atoms with Crippen LogP contribution in [0.15, 0.2) is 0 Å². The second-order valence-electron chi connectivity index (χ2n) is 5.44. The van der Waals surface area contributed by atoms with Gasteiger partial charge in [0.05, 0.1) is 0 Å². The predicted molar refractivity (Wildman–Crippen MR) is 85.0 cm³/mol. The maximum atomic E-state index is 11.5. The van der Waals surface area contributed by atoms with E-state index in [0.29, 0.717) is 0 Å². The highest BCUT2D eigenvalue weighted by molar-refractivity contribution is 5.68. The van der Waals surface area contributed by atoms with Crippen LogP contribution in [0.2, 0.25) is 0 Å². The number of esters is 4.